The Labute approximate surface area is 124 Å². The summed E-state index contributed by atoms with van der Waals surface area (Å²) in [5, 5.41) is 2.56. The SMILES string of the molecule is O=C(CSc1ccc(F)cc1)Nc1ccc(F)c(Cl)c1. The van der Waals surface area contributed by atoms with Gasteiger partial charge in [-0.2, -0.15) is 0 Å². The Hall–Kier alpha value is -1.59. The van der Waals surface area contributed by atoms with Crippen molar-refractivity contribution in [3.8, 4) is 0 Å². The Morgan fingerprint density at radius 3 is 2.50 bits per heavy atom. The molecular weight excluding hydrogens is 304 g/mol. The molecule has 0 aliphatic carbocycles. The molecule has 0 aromatic heterocycles. The maximum absolute atomic E-state index is 13.0. The van der Waals surface area contributed by atoms with Crippen molar-refractivity contribution in [2.24, 2.45) is 0 Å². The summed E-state index contributed by atoms with van der Waals surface area (Å²) < 4.78 is 25.7. The highest BCUT2D eigenvalue weighted by atomic mass is 35.5. The molecule has 0 aliphatic rings. The fraction of sp³-hybridized carbons (Fsp3) is 0.0714. The van der Waals surface area contributed by atoms with Gasteiger partial charge in [0.2, 0.25) is 5.91 Å². The molecule has 0 bridgehead atoms. The summed E-state index contributed by atoms with van der Waals surface area (Å²) in [7, 11) is 0. The summed E-state index contributed by atoms with van der Waals surface area (Å²) in [5.74, 6) is -0.937. The Balaban J connectivity index is 1.89. The van der Waals surface area contributed by atoms with Crippen molar-refractivity contribution in [2.75, 3.05) is 11.1 Å². The number of amides is 1. The molecule has 0 aliphatic heterocycles. The highest BCUT2D eigenvalue weighted by molar-refractivity contribution is 8.00. The summed E-state index contributed by atoms with van der Waals surface area (Å²) >= 11 is 6.90. The molecule has 0 atom stereocenters. The molecule has 0 saturated heterocycles. The van der Waals surface area contributed by atoms with Crippen LogP contribution in [0.3, 0.4) is 0 Å². The van der Waals surface area contributed by atoms with E-state index < -0.39 is 5.82 Å². The van der Waals surface area contributed by atoms with Crippen LogP contribution in [0.1, 0.15) is 0 Å². The Morgan fingerprint density at radius 1 is 1.15 bits per heavy atom. The maximum atomic E-state index is 13.0. The largest absolute Gasteiger partial charge is 0.325 e. The van der Waals surface area contributed by atoms with E-state index in [0.29, 0.717) is 5.69 Å². The third-order valence-electron chi connectivity index (χ3n) is 2.39. The first-order valence-electron chi connectivity index (χ1n) is 5.68. The van der Waals surface area contributed by atoms with Crippen LogP contribution in [0.25, 0.3) is 0 Å². The fourth-order valence-electron chi connectivity index (χ4n) is 1.45. The predicted molar refractivity (Wildman–Crippen MR) is 77.2 cm³/mol. The lowest BCUT2D eigenvalue weighted by Crippen LogP contribution is -2.13. The molecule has 1 amide bonds. The first kappa shape index (κ1) is 14.8. The van der Waals surface area contributed by atoms with Crippen LogP contribution in [0.2, 0.25) is 5.02 Å². The number of nitrogens with one attached hydrogen (secondary N) is 1. The van der Waals surface area contributed by atoms with Crippen LogP contribution in [0, 0.1) is 11.6 Å². The molecule has 0 spiro atoms. The molecule has 2 aromatic rings. The van der Waals surface area contributed by atoms with E-state index in [0.717, 1.165) is 4.90 Å². The summed E-state index contributed by atoms with van der Waals surface area (Å²) in [4.78, 5) is 12.5. The molecule has 2 nitrogen and oxygen atoms in total. The number of thioether (sulfide) groups is 1. The molecule has 2 aromatic carbocycles. The van der Waals surface area contributed by atoms with Gasteiger partial charge in [-0.05, 0) is 42.5 Å². The van der Waals surface area contributed by atoms with Crippen molar-refractivity contribution in [3.63, 3.8) is 0 Å². The van der Waals surface area contributed by atoms with Gasteiger partial charge in [-0.3, -0.25) is 4.79 Å². The molecule has 0 heterocycles. The molecule has 0 fully saturated rings. The van der Waals surface area contributed by atoms with Gasteiger partial charge in [0, 0.05) is 10.6 Å². The average molecular weight is 314 g/mol. The number of rotatable bonds is 4. The van der Waals surface area contributed by atoms with Crippen molar-refractivity contribution in [1.29, 1.82) is 0 Å². The van der Waals surface area contributed by atoms with E-state index in [1.807, 2.05) is 0 Å². The van der Waals surface area contributed by atoms with E-state index >= 15 is 0 Å². The average Bonchev–Trinajstić information content (AvgIpc) is 2.42. The van der Waals surface area contributed by atoms with E-state index in [1.165, 1.54) is 42.1 Å². The second-order valence-corrected chi connectivity index (χ2v) is 5.38. The quantitative estimate of drug-likeness (QED) is 0.850. The summed E-state index contributed by atoms with van der Waals surface area (Å²) in [6.07, 6.45) is 0. The van der Waals surface area contributed by atoms with Crippen LogP contribution in [0.5, 0.6) is 0 Å². The molecule has 6 heteroatoms. The van der Waals surface area contributed by atoms with Gasteiger partial charge in [-0.25, -0.2) is 8.78 Å². The van der Waals surface area contributed by atoms with Crippen LogP contribution in [-0.4, -0.2) is 11.7 Å². The summed E-state index contributed by atoms with van der Waals surface area (Å²) in [6, 6.07) is 9.83. The second-order valence-electron chi connectivity index (χ2n) is 3.92. The van der Waals surface area contributed by atoms with Crippen LogP contribution >= 0.6 is 23.4 Å². The van der Waals surface area contributed by atoms with Crippen molar-refractivity contribution in [1.82, 2.24) is 0 Å². The van der Waals surface area contributed by atoms with Gasteiger partial charge in [0.25, 0.3) is 0 Å². The van der Waals surface area contributed by atoms with Gasteiger partial charge < -0.3 is 5.32 Å². The van der Waals surface area contributed by atoms with E-state index in [1.54, 1.807) is 12.1 Å². The third-order valence-corrected chi connectivity index (χ3v) is 3.69. The molecule has 0 unspecified atom stereocenters. The maximum Gasteiger partial charge on any atom is 0.234 e. The number of halogens is 3. The van der Waals surface area contributed by atoms with Gasteiger partial charge in [0.05, 0.1) is 10.8 Å². The zero-order chi connectivity index (χ0) is 14.5. The number of carbonyl (C=O) groups excluding carboxylic acids is 1. The van der Waals surface area contributed by atoms with Crippen molar-refractivity contribution < 1.29 is 13.6 Å². The van der Waals surface area contributed by atoms with Gasteiger partial charge in [-0.15, -0.1) is 11.8 Å². The van der Waals surface area contributed by atoms with Gasteiger partial charge in [0.15, 0.2) is 0 Å². The van der Waals surface area contributed by atoms with E-state index in [4.69, 9.17) is 11.6 Å². The lowest BCUT2D eigenvalue weighted by Gasteiger charge is -2.06. The number of anilines is 1. The zero-order valence-electron chi connectivity index (χ0n) is 10.2. The Bertz CT molecular complexity index is 619. The zero-order valence-corrected chi connectivity index (χ0v) is 11.8. The van der Waals surface area contributed by atoms with Crippen molar-refractivity contribution >= 4 is 35.0 Å². The summed E-state index contributed by atoms with van der Waals surface area (Å²) in [6.45, 7) is 0. The smallest absolute Gasteiger partial charge is 0.234 e. The first-order chi connectivity index (χ1) is 9.54. The van der Waals surface area contributed by atoms with Gasteiger partial charge in [-0.1, -0.05) is 11.6 Å². The third kappa shape index (κ3) is 4.21. The standard InChI is InChI=1S/C14H10ClF2NOS/c15-12-7-10(3-6-13(12)17)18-14(19)8-20-11-4-1-9(16)2-5-11/h1-7H,8H2,(H,18,19). The highest BCUT2D eigenvalue weighted by Crippen LogP contribution is 2.21. The van der Waals surface area contributed by atoms with Crippen LogP contribution in [-0.2, 0) is 4.79 Å². The lowest BCUT2D eigenvalue weighted by molar-refractivity contribution is -0.113. The summed E-state index contributed by atoms with van der Waals surface area (Å²) in [5.41, 5.74) is 0.432. The van der Waals surface area contributed by atoms with E-state index in [2.05, 4.69) is 5.32 Å². The Kier molecular flexibility index (Phi) is 4.98. The van der Waals surface area contributed by atoms with E-state index in [-0.39, 0.29) is 22.5 Å². The molecule has 104 valence electrons. The van der Waals surface area contributed by atoms with Crippen molar-refractivity contribution in [2.45, 2.75) is 4.90 Å². The number of hydrogen-bond acceptors (Lipinski definition) is 2. The van der Waals surface area contributed by atoms with E-state index in [9.17, 15) is 13.6 Å². The monoisotopic (exact) mass is 313 g/mol. The van der Waals surface area contributed by atoms with Crippen molar-refractivity contribution in [3.05, 3.63) is 59.1 Å². The molecule has 2 rings (SSSR count). The number of benzene rings is 2. The van der Waals surface area contributed by atoms with Crippen LogP contribution in [0.15, 0.2) is 47.4 Å². The molecule has 20 heavy (non-hydrogen) atoms. The van der Waals surface area contributed by atoms with Crippen LogP contribution in [0.4, 0.5) is 14.5 Å². The number of carbonyl (C=O) groups is 1. The predicted octanol–water partition coefficient (Wildman–Crippen LogP) is 4.35. The van der Waals surface area contributed by atoms with Gasteiger partial charge >= 0.3 is 0 Å². The Morgan fingerprint density at radius 2 is 1.85 bits per heavy atom. The molecule has 1 N–H and O–H groups in total. The fourth-order valence-corrected chi connectivity index (χ4v) is 2.33. The topological polar surface area (TPSA) is 29.1 Å². The minimum atomic E-state index is -0.537. The molecule has 0 saturated carbocycles. The highest BCUT2D eigenvalue weighted by Gasteiger charge is 2.06. The number of hydrogen-bond donors (Lipinski definition) is 1. The lowest BCUT2D eigenvalue weighted by atomic mass is 10.3. The molecule has 0 radical (unpaired) electrons. The minimum absolute atomic E-state index is 0.0472. The van der Waals surface area contributed by atoms with Gasteiger partial charge in [0.1, 0.15) is 11.6 Å². The second kappa shape index (κ2) is 6.72. The minimum Gasteiger partial charge on any atom is -0.325 e. The normalized spacial score (nSPS) is 10.3. The van der Waals surface area contributed by atoms with Crippen LogP contribution < -0.4 is 5.32 Å². The first-order valence-corrected chi connectivity index (χ1v) is 7.04. The molecular formula is C14H10ClF2NOS.